The molecule has 5 nitrogen and oxygen atoms in total. The number of benzene rings is 2. The lowest BCUT2D eigenvalue weighted by atomic mass is 9.71. The molecule has 27 heavy (non-hydrogen) atoms. The fraction of sp³-hybridized carbons (Fsp3) is 0.364. The lowest BCUT2D eigenvalue weighted by Crippen LogP contribution is -2.37. The first-order valence-corrected chi connectivity index (χ1v) is 9.24. The van der Waals surface area contributed by atoms with Crippen LogP contribution in [-0.2, 0) is 21.4 Å². The maximum absolute atomic E-state index is 12.4. The molecule has 142 valence electrons. The first-order valence-electron chi connectivity index (χ1n) is 9.24. The van der Waals surface area contributed by atoms with Gasteiger partial charge in [0.1, 0.15) is 5.75 Å². The minimum absolute atomic E-state index is 0.0169. The number of primary amides is 1. The van der Waals surface area contributed by atoms with Gasteiger partial charge in [-0.15, -0.1) is 0 Å². The fourth-order valence-corrected chi connectivity index (χ4v) is 3.65. The van der Waals surface area contributed by atoms with Crippen LogP contribution in [0.25, 0.3) is 0 Å². The van der Waals surface area contributed by atoms with Gasteiger partial charge in [0.05, 0.1) is 12.5 Å². The summed E-state index contributed by atoms with van der Waals surface area (Å²) in [6.45, 7) is 4.45. The molecule has 0 radical (unpaired) electrons. The summed E-state index contributed by atoms with van der Waals surface area (Å²) in [5.74, 6) is 0.0678. The highest BCUT2D eigenvalue weighted by molar-refractivity contribution is 5.78. The molecule has 0 bridgehead atoms. The van der Waals surface area contributed by atoms with Crippen LogP contribution in [0.1, 0.15) is 49.4 Å². The molecule has 1 aliphatic carbocycles. The Kier molecular flexibility index (Phi) is 5.49. The summed E-state index contributed by atoms with van der Waals surface area (Å²) in [5.41, 5.74) is 8.61. The summed E-state index contributed by atoms with van der Waals surface area (Å²) in [6.07, 6.45) is 2.13. The van der Waals surface area contributed by atoms with Crippen LogP contribution in [0.4, 0.5) is 0 Å². The van der Waals surface area contributed by atoms with E-state index in [0.717, 1.165) is 18.4 Å². The van der Waals surface area contributed by atoms with E-state index < -0.39 is 0 Å². The number of amides is 2. The molecule has 3 N–H and O–H groups in total. The average Bonchev–Trinajstić information content (AvgIpc) is 2.63. The topological polar surface area (TPSA) is 81.4 Å². The molecule has 0 spiro atoms. The maximum atomic E-state index is 12.4. The quantitative estimate of drug-likeness (QED) is 0.824. The Balaban J connectivity index is 1.58. The van der Waals surface area contributed by atoms with E-state index in [4.69, 9.17) is 10.5 Å². The van der Waals surface area contributed by atoms with Gasteiger partial charge in [0.2, 0.25) is 5.91 Å². The molecule has 0 aromatic heterocycles. The number of rotatable bonds is 6. The van der Waals surface area contributed by atoms with Crippen LogP contribution in [-0.4, -0.2) is 18.4 Å². The van der Waals surface area contributed by atoms with E-state index in [2.05, 4.69) is 37.4 Å². The largest absolute Gasteiger partial charge is 0.484 e. The third kappa shape index (κ3) is 4.67. The fourth-order valence-electron chi connectivity index (χ4n) is 3.65. The Bertz CT molecular complexity index is 828. The third-order valence-corrected chi connectivity index (χ3v) is 5.13. The summed E-state index contributed by atoms with van der Waals surface area (Å²) in [4.78, 5) is 23.3. The number of carbonyl (C=O) groups excluding carboxylic acids is 2. The molecule has 0 aliphatic heterocycles. The predicted molar refractivity (Wildman–Crippen MR) is 104 cm³/mol. The standard InChI is InChI=1S/C22H26N2O3/c1-22(2)12-11-19(17-5-3-4-6-18(17)22)24-21(26)14-27-16-9-7-15(8-10-16)13-20(23)25/h3-10,19H,11-14H2,1-2H3,(H2,23,25)(H,24,26). The Morgan fingerprint density at radius 3 is 2.56 bits per heavy atom. The van der Waals surface area contributed by atoms with Crippen LogP contribution in [0.5, 0.6) is 5.75 Å². The van der Waals surface area contributed by atoms with Crippen LogP contribution >= 0.6 is 0 Å². The number of hydrogen-bond acceptors (Lipinski definition) is 3. The van der Waals surface area contributed by atoms with Crippen molar-refractivity contribution in [2.75, 3.05) is 6.61 Å². The smallest absolute Gasteiger partial charge is 0.258 e. The zero-order valence-corrected chi connectivity index (χ0v) is 15.8. The summed E-state index contributed by atoms with van der Waals surface area (Å²) >= 11 is 0. The van der Waals surface area contributed by atoms with Crippen molar-refractivity contribution >= 4 is 11.8 Å². The number of carbonyl (C=O) groups is 2. The van der Waals surface area contributed by atoms with E-state index >= 15 is 0 Å². The second kappa shape index (κ2) is 7.82. The first kappa shape index (κ1) is 19.0. The van der Waals surface area contributed by atoms with Crippen LogP contribution in [0.15, 0.2) is 48.5 Å². The van der Waals surface area contributed by atoms with Gasteiger partial charge in [-0.1, -0.05) is 50.2 Å². The second-order valence-electron chi connectivity index (χ2n) is 7.71. The monoisotopic (exact) mass is 366 g/mol. The second-order valence-corrected chi connectivity index (χ2v) is 7.71. The van der Waals surface area contributed by atoms with Crippen molar-refractivity contribution in [1.82, 2.24) is 5.32 Å². The van der Waals surface area contributed by atoms with Crippen LogP contribution in [0.3, 0.4) is 0 Å². The van der Waals surface area contributed by atoms with E-state index in [1.165, 1.54) is 11.1 Å². The highest BCUT2D eigenvalue weighted by atomic mass is 16.5. The summed E-state index contributed by atoms with van der Waals surface area (Å²) in [6, 6.07) is 15.4. The van der Waals surface area contributed by atoms with Gasteiger partial charge in [-0.2, -0.15) is 0 Å². The normalized spacial score (nSPS) is 17.6. The number of ether oxygens (including phenoxy) is 1. The molecule has 2 aromatic carbocycles. The van der Waals surface area contributed by atoms with Crippen molar-refractivity contribution in [3.63, 3.8) is 0 Å². The number of hydrogen-bond donors (Lipinski definition) is 2. The molecule has 1 atom stereocenters. The highest BCUT2D eigenvalue weighted by Gasteiger charge is 2.32. The average molecular weight is 366 g/mol. The maximum Gasteiger partial charge on any atom is 0.258 e. The van der Waals surface area contributed by atoms with Gasteiger partial charge in [-0.25, -0.2) is 0 Å². The van der Waals surface area contributed by atoms with Crippen LogP contribution < -0.4 is 15.8 Å². The van der Waals surface area contributed by atoms with Gasteiger partial charge in [0.25, 0.3) is 5.91 Å². The van der Waals surface area contributed by atoms with Crippen LogP contribution in [0, 0.1) is 0 Å². The molecular weight excluding hydrogens is 340 g/mol. The van der Waals surface area contributed by atoms with E-state index in [9.17, 15) is 9.59 Å². The van der Waals surface area contributed by atoms with Crippen LogP contribution in [0.2, 0.25) is 0 Å². The molecule has 0 heterocycles. The Morgan fingerprint density at radius 2 is 1.85 bits per heavy atom. The Morgan fingerprint density at radius 1 is 1.15 bits per heavy atom. The molecular formula is C22H26N2O3. The van der Waals surface area contributed by atoms with Gasteiger partial charge in [-0.3, -0.25) is 9.59 Å². The Hall–Kier alpha value is -2.82. The number of nitrogens with two attached hydrogens (primary N) is 1. The molecule has 2 amide bonds. The van der Waals surface area contributed by atoms with E-state index in [0.29, 0.717) is 5.75 Å². The Labute approximate surface area is 159 Å². The molecule has 3 rings (SSSR count). The van der Waals surface area contributed by atoms with Gasteiger partial charge in [0, 0.05) is 0 Å². The van der Waals surface area contributed by atoms with E-state index in [1.54, 1.807) is 24.3 Å². The number of nitrogens with one attached hydrogen (secondary N) is 1. The zero-order valence-electron chi connectivity index (χ0n) is 15.8. The van der Waals surface area contributed by atoms with Crippen molar-refractivity contribution in [2.45, 2.75) is 44.6 Å². The van der Waals surface area contributed by atoms with Crippen molar-refractivity contribution in [2.24, 2.45) is 5.73 Å². The van der Waals surface area contributed by atoms with Gasteiger partial charge in [-0.05, 0) is 47.1 Å². The van der Waals surface area contributed by atoms with Crippen molar-refractivity contribution in [3.8, 4) is 5.75 Å². The zero-order chi connectivity index (χ0) is 19.4. The SMILES string of the molecule is CC1(C)CCC(NC(=O)COc2ccc(CC(N)=O)cc2)c2ccccc21. The summed E-state index contributed by atoms with van der Waals surface area (Å²) in [7, 11) is 0. The molecule has 0 saturated carbocycles. The molecule has 1 unspecified atom stereocenters. The lowest BCUT2D eigenvalue weighted by Gasteiger charge is -2.37. The minimum atomic E-state index is -0.376. The van der Waals surface area contributed by atoms with E-state index in [-0.39, 0.29) is 36.3 Å². The molecule has 0 saturated heterocycles. The number of fused-ring (bicyclic) bond motifs is 1. The van der Waals surface area contributed by atoms with E-state index in [1.807, 2.05) is 6.07 Å². The molecule has 0 fully saturated rings. The first-order chi connectivity index (χ1) is 12.8. The minimum Gasteiger partial charge on any atom is -0.484 e. The third-order valence-electron chi connectivity index (χ3n) is 5.13. The van der Waals surface area contributed by atoms with Gasteiger partial charge < -0.3 is 15.8 Å². The van der Waals surface area contributed by atoms with Gasteiger partial charge >= 0.3 is 0 Å². The molecule has 5 heteroatoms. The molecule has 1 aliphatic rings. The van der Waals surface area contributed by atoms with Crippen molar-refractivity contribution < 1.29 is 14.3 Å². The highest BCUT2D eigenvalue weighted by Crippen LogP contribution is 2.41. The van der Waals surface area contributed by atoms with Crippen molar-refractivity contribution in [1.29, 1.82) is 0 Å². The summed E-state index contributed by atoms with van der Waals surface area (Å²) < 4.78 is 5.57. The van der Waals surface area contributed by atoms with Gasteiger partial charge in [0.15, 0.2) is 6.61 Å². The summed E-state index contributed by atoms with van der Waals surface area (Å²) in [5, 5.41) is 3.10. The molecule has 2 aromatic rings. The van der Waals surface area contributed by atoms with Crippen molar-refractivity contribution in [3.05, 3.63) is 65.2 Å². The predicted octanol–water partition coefficient (Wildman–Crippen LogP) is 3.02. The lowest BCUT2D eigenvalue weighted by molar-refractivity contribution is -0.124.